The Kier molecular flexibility index (Phi) is 7.83. The fourth-order valence-electron chi connectivity index (χ4n) is 9.50. The Labute approximate surface area is 212 Å². The van der Waals surface area contributed by atoms with Gasteiger partial charge in [0, 0.05) is 17.8 Å². The number of aliphatic hydroxyl groups excluding tert-OH is 3. The van der Waals surface area contributed by atoms with Crippen molar-refractivity contribution in [2.24, 2.45) is 52.3 Å². The molecule has 0 aromatic heterocycles. The second kappa shape index (κ2) is 10.1. The van der Waals surface area contributed by atoms with E-state index in [4.69, 9.17) is 4.74 Å². The number of ether oxygens (including phenoxy) is 1. The lowest BCUT2D eigenvalue weighted by Gasteiger charge is -2.64. The molecule has 0 aromatic rings. The molecule has 4 aliphatic rings. The molecule has 5 nitrogen and oxygen atoms in total. The van der Waals surface area contributed by atoms with Crippen LogP contribution in [0.25, 0.3) is 0 Å². The molecule has 11 atom stereocenters. The summed E-state index contributed by atoms with van der Waals surface area (Å²) in [4.78, 5) is 12.0. The Hall–Kier alpha value is -0.910. The maximum Gasteiger partial charge on any atom is 0.302 e. The minimum Gasteiger partial charge on any atom is -0.465 e. The van der Waals surface area contributed by atoms with Crippen molar-refractivity contribution in [3.63, 3.8) is 0 Å². The van der Waals surface area contributed by atoms with Gasteiger partial charge in [-0.1, -0.05) is 39.8 Å². The number of carbonyl (C=O) groups is 1. The molecule has 4 rings (SSSR count). The van der Waals surface area contributed by atoms with Gasteiger partial charge in [0.1, 0.15) is 0 Å². The van der Waals surface area contributed by atoms with Crippen LogP contribution in [-0.2, 0) is 9.53 Å². The third-order valence-corrected chi connectivity index (χ3v) is 11.4. The molecule has 5 heteroatoms. The standard InChI is InChI=1S/C30H50O5/c1-17(2)18(3)7-8-19(4)24-11-12-25-23-10-9-21-13-22(32)14-27(34)29(21,6)28(23)26(33)15-30(24,25)16-35-20(5)31/h17,19,21-28,32-34H,3,7-16H2,1-2,4-6H3. The Balaban J connectivity index is 1.63. The van der Waals surface area contributed by atoms with Crippen LogP contribution in [0.1, 0.15) is 92.4 Å². The van der Waals surface area contributed by atoms with E-state index < -0.39 is 18.3 Å². The molecule has 4 aliphatic carbocycles. The van der Waals surface area contributed by atoms with Gasteiger partial charge in [-0.05, 0) is 99.2 Å². The van der Waals surface area contributed by atoms with Gasteiger partial charge in [0.05, 0.1) is 24.9 Å². The van der Waals surface area contributed by atoms with E-state index in [2.05, 4.69) is 34.3 Å². The lowest BCUT2D eigenvalue weighted by molar-refractivity contribution is -0.225. The van der Waals surface area contributed by atoms with Crippen molar-refractivity contribution in [2.45, 2.75) is 111 Å². The molecule has 0 heterocycles. The normalized spacial score (nSPS) is 45.9. The van der Waals surface area contributed by atoms with Gasteiger partial charge in [-0.3, -0.25) is 4.79 Å². The van der Waals surface area contributed by atoms with Crippen molar-refractivity contribution in [1.29, 1.82) is 0 Å². The molecule has 200 valence electrons. The highest BCUT2D eigenvalue weighted by molar-refractivity contribution is 5.65. The zero-order valence-corrected chi connectivity index (χ0v) is 22.7. The zero-order valence-electron chi connectivity index (χ0n) is 22.7. The highest BCUT2D eigenvalue weighted by Gasteiger charge is 2.66. The van der Waals surface area contributed by atoms with Crippen LogP contribution in [0, 0.1) is 52.3 Å². The Bertz CT molecular complexity index is 794. The maximum absolute atomic E-state index is 12.0. The van der Waals surface area contributed by atoms with E-state index in [0.29, 0.717) is 49.0 Å². The smallest absolute Gasteiger partial charge is 0.302 e. The second-order valence-electron chi connectivity index (χ2n) is 13.4. The number of hydrogen-bond donors (Lipinski definition) is 3. The molecule has 0 radical (unpaired) electrons. The Morgan fingerprint density at radius 1 is 1.09 bits per heavy atom. The first kappa shape index (κ1) is 27.1. The Morgan fingerprint density at radius 2 is 1.80 bits per heavy atom. The first-order valence-electron chi connectivity index (χ1n) is 14.3. The Morgan fingerprint density at radius 3 is 2.46 bits per heavy atom. The van der Waals surface area contributed by atoms with Crippen LogP contribution in [0.15, 0.2) is 12.2 Å². The maximum atomic E-state index is 12.0. The molecule has 4 fully saturated rings. The molecular formula is C30H50O5. The van der Waals surface area contributed by atoms with Crippen molar-refractivity contribution in [2.75, 3.05) is 6.61 Å². The summed E-state index contributed by atoms with van der Waals surface area (Å²) in [5.41, 5.74) is 0.727. The highest BCUT2D eigenvalue weighted by atomic mass is 16.5. The van der Waals surface area contributed by atoms with Gasteiger partial charge in [0.25, 0.3) is 0 Å². The van der Waals surface area contributed by atoms with E-state index in [1.54, 1.807) is 0 Å². The number of hydrogen-bond acceptors (Lipinski definition) is 5. The van der Waals surface area contributed by atoms with Crippen molar-refractivity contribution in [3.05, 3.63) is 12.2 Å². The molecule has 35 heavy (non-hydrogen) atoms. The summed E-state index contributed by atoms with van der Waals surface area (Å²) in [6, 6.07) is 0. The monoisotopic (exact) mass is 490 g/mol. The first-order chi connectivity index (χ1) is 16.4. The first-order valence-corrected chi connectivity index (χ1v) is 14.3. The van der Waals surface area contributed by atoms with Crippen LogP contribution < -0.4 is 0 Å². The van der Waals surface area contributed by atoms with Gasteiger partial charge in [-0.15, -0.1) is 0 Å². The molecule has 0 aromatic carbocycles. The number of fused-ring (bicyclic) bond motifs is 5. The number of rotatable bonds is 7. The van der Waals surface area contributed by atoms with Gasteiger partial charge < -0.3 is 20.1 Å². The lowest BCUT2D eigenvalue weighted by atomic mass is 9.42. The quantitative estimate of drug-likeness (QED) is 0.341. The van der Waals surface area contributed by atoms with Gasteiger partial charge >= 0.3 is 5.97 Å². The lowest BCUT2D eigenvalue weighted by Crippen LogP contribution is -2.64. The predicted molar refractivity (Wildman–Crippen MR) is 137 cm³/mol. The minimum absolute atomic E-state index is 0.0361. The van der Waals surface area contributed by atoms with E-state index in [9.17, 15) is 20.1 Å². The molecule has 0 aliphatic heterocycles. The summed E-state index contributed by atoms with van der Waals surface area (Å²) in [7, 11) is 0. The molecule has 4 saturated carbocycles. The summed E-state index contributed by atoms with van der Waals surface area (Å²) >= 11 is 0. The number of carbonyl (C=O) groups excluding carboxylic acids is 1. The van der Waals surface area contributed by atoms with Crippen molar-refractivity contribution in [3.8, 4) is 0 Å². The van der Waals surface area contributed by atoms with Crippen molar-refractivity contribution >= 4 is 5.97 Å². The third-order valence-electron chi connectivity index (χ3n) is 11.4. The average Bonchev–Trinajstić information content (AvgIpc) is 3.16. The number of esters is 1. The van der Waals surface area contributed by atoms with Crippen LogP contribution in [0.2, 0.25) is 0 Å². The van der Waals surface area contributed by atoms with E-state index >= 15 is 0 Å². The number of allylic oxidation sites excluding steroid dienone is 1. The van der Waals surface area contributed by atoms with Crippen LogP contribution in [0.5, 0.6) is 0 Å². The third kappa shape index (κ3) is 4.63. The van der Waals surface area contributed by atoms with Gasteiger partial charge in [0.2, 0.25) is 0 Å². The molecule has 0 spiro atoms. The zero-order chi connectivity index (χ0) is 25.7. The summed E-state index contributed by atoms with van der Waals surface area (Å²) in [6.07, 6.45) is 6.56. The summed E-state index contributed by atoms with van der Waals surface area (Å²) in [5.74, 6) is 2.13. The predicted octanol–water partition coefficient (Wildman–Crippen LogP) is 5.12. The summed E-state index contributed by atoms with van der Waals surface area (Å²) < 4.78 is 5.78. The molecule has 11 unspecified atom stereocenters. The van der Waals surface area contributed by atoms with Crippen molar-refractivity contribution < 1.29 is 24.9 Å². The topological polar surface area (TPSA) is 87.0 Å². The molecular weight excluding hydrogens is 440 g/mol. The van der Waals surface area contributed by atoms with Crippen LogP contribution >= 0.6 is 0 Å². The van der Waals surface area contributed by atoms with E-state index in [1.807, 2.05) is 0 Å². The van der Waals surface area contributed by atoms with E-state index in [1.165, 1.54) is 12.5 Å². The molecule has 0 saturated heterocycles. The molecule has 0 bridgehead atoms. The second-order valence-corrected chi connectivity index (χ2v) is 13.4. The van der Waals surface area contributed by atoms with Crippen LogP contribution in [0.3, 0.4) is 0 Å². The van der Waals surface area contributed by atoms with Crippen molar-refractivity contribution in [1.82, 2.24) is 0 Å². The molecule has 3 N–H and O–H groups in total. The van der Waals surface area contributed by atoms with Crippen LogP contribution in [-0.4, -0.2) is 46.2 Å². The summed E-state index contributed by atoms with van der Waals surface area (Å²) in [5, 5.41) is 33.4. The summed E-state index contributed by atoms with van der Waals surface area (Å²) in [6.45, 7) is 15.1. The van der Waals surface area contributed by atoms with Gasteiger partial charge in [-0.2, -0.15) is 0 Å². The minimum atomic E-state index is -0.585. The van der Waals surface area contributed by atoms with Gasteiger partial charge in [-0.25, -0.2) is 0 Å². The number of aliphatic hydroxyl groups is 3. The SMILES string of the molecule is C=C(CCC(C)C1CCC2C3CCC4CC(O)CC(O)C4(C)C3C(O)CC12COC(C)=O)C(C)C. The van der Waals surface area contributed by atoms with Gasteiger partial charge in [0.15, 0.2) is 0 Å². The fourth-order valence-corrected chi connectivity index (χ4v) is 9.50. The molecule has 0 amide bonds. The largest absolute Gasteiger partial charge is 0.465 e. The average molecular weight is 491 g/mol. The highest BCUT2D eigenvalue weighted by Crippen LogP contribution is 2.68. The van der Waals surface area contributed by atoms with E-state index in [-0.39, 0.29) is 28.6 Å². The van der Waals surface area contributed by atoms with Crippen LogP contribution in [0.4, 0.5) is 0 Å². The fraction of sp³-hybridized carbons (Fsp3) is 0.900. The van der Waals surface area contributed by atoms with E-state index in [0.717, 1.165) is 44.9 Å².